The molecule has 2 unspecified atom stereocenters. The average molecular weight is 415 g/mol. The highest BCUT2D eigenvalue weighted by molar-refractivity contribution is 5.83. The standard InChI is InChI=1S/C26H30N4O/c1-19-25(20(2)30(27-19)22-11-7-4-8-12-22)18-28-13-15-29(16-14-28)26(31)24-17-23(24)21-9-5-3-6-10-21/h3-12,23-24H,13-18H2,1-2H3. The molecule has 31 heavy (non-hydrogen) atoms. The molecule has 0 N–H and O–H groups in total. The molecule has 160 valence electrons. The number of piperazine rings is 1. The van der Waals surface area contributed by atoms with Crippen molar-refractivity contribution in [2.45, 2.75) is 32.7 Å². The summed E-state index contributed by atoms with van der Waals surface area (Å²) in [5.41, 5.74) is 5.99. The van der Waals surface area contributed by atoms with Gasteiger partial charge in [0.2, 0.25) is 5.91 Å². The Kier molecular flexibility index (Phi) is 5.36. The zero-order valence-electron chi connectivity index (χ0n) is 18.4. The Hall–Kier alpha value is -2.92. The quantitative estimate of drug-likeness (QED) is 0.635. The van der Waals surface area contributed by atoms with Crippen LogP contribution >= 0.6 is 0 Å². The fourth-order valence-corrected chi connectivity index (χ4v) is 4.85. The molecule has 1 amide bonds. The maximum Gasteiger partial charge on any atom is 0.226 e. The van der Waals surface area contributed by atoms with Crippen LogP contribution in [0.4, 0.5) is 0 Å². The van der Waals surface area contributed by atoms with Gasteiger partial charge in [0.25, 0.3) is 0 Å². The molecule has 1 aromatic heterocycles. The molecule has 1 aliphatic heterocycles. The molecule has 1 aliphatic carbocycles. The Morgan fingerprint density at radius 3 is 2.26 bits per heavy atom. The third-order valence-electron chi connectivity index (χ3n) is 6.84. The molecule has 2 fully saturated rings. The summed E-state index contributed by atoms with van der Waals surface area (Å²) >= 11 is 0. The number of aromatic nitrogens is 2. The lowest BCUT2D eigenvalue weighted by Gasteiger charge is -2.35. The summed E-state index contributed by atoms with van der Waals surface area (Å²) in [5, 5.41) is 4.78. The van der Waals surface area contributed by atoms with Gasteiger partial charge in [0.15, 0.2) is 0 Å². The first kappa shape index (κ1) is 20.0. The van der Waals surface area contributed by atoms with Crippen LogP contribution in [-0.4, -0.2) is 51.7 Å². The van der Waals surface area contributed by atoms with Crippen LogP contribution < -0.4 is 0 Å². The van der Waals surface area contributed by atoms with Crippen molar-refractivity contribution in [2.24, 2.45) is 5.92 Å². The van der Waals surface area contributed by atoms with E-state index in [1.165, 1.54) is 16.8 Å². The van der Waals surface area contributed by atoms with Crippen molar-refractivity contribution in [1.29, 1.82) is 0 Å². The highest BCUT2D eigenvalue weighted by Gasteiger charge is 2.46. The molecule has 1 saturated carbocycles. The molecule has 2 aliphatic rings. The summed E-state index contributed by atoms with van der Waals surface area (Å²) in [6.07, 6.45) is 1.00. The van der Waals surface area contributed by atoms with Crippen LogP contribution in [0.15, 0.2) is 60.7 Å². The summed E-state index contributed by atoms with van der Waals surface area (Å²) in [6.45, 7) is 8.62. The molecule has 2 heterocycles. The van der Waals surface area contributed by atoms with E-state index in [9.17, 15) is 4.79 Å². The van der Waals surface area contributed by atoms with Crippen molar-refractivity contribution in [2.75, 3.05) is 26.2 Å². The lowest BCUT2D eigenvalue weighted by atomic mass is 10.1. The Morgan fingerprint density at radius 2 is 1.58 bits per heavy atom. The molecule has 2 aromatic carbocycles. The fourth-order valence-electron chi connectivity index (χ4n) is 4.85. The first-order valence-electron chi connectivity index (χ1n) is 11.3. The first-order chi connectivity index (χ1) is 15.1. The van der Waals surface area contributed by atoms with E-state index in [-0.39, 0.29) is 5.92 Å². The van der Waals surface area contributed by atoms with E-state index in [1.807, 2.05) is 28.9 Å². The van der Waals surface area contributed by atoms with Gasteiger partial charge in [-0.2, -0.15) is 5.10 Å². The highest BCUT2D eigenvalue weighted by Crippen LogP contribution is 2.48. The molecular formula is C26H30N4O. The SMILES string of the molecule is Cc1nn(-c2ccccc2)c(C)c1CN1CCN(C(=O)C2CC2c2ccccc2)CC1. The van der Waals surface area contributed by atoms with Gasteiger partial charge in [0.05, 0.1) is 11.4 Å². The second-order valence-electron chi connectivity index (χ2n) is 8.86. The molecule has 5 nitrogen and oxygen atoms in total. The number of nitrogens with zero attached hydrogens (tertiary/aromatic N) is 4. The van der Waals surface area contributed by atoms with Crippen molar-refractivity contribution in [3.8, 4) is 5.69 Å². The maximum atomic E-state index is 13.0. The smallest absolute Gasteiger partial charge is 0.226 e. The van der Waals surface area contributed by atoms with Gasteiger partial charge in [-0.1, -0.05) is 48.5 Å². The van der Waals surface area contributed by atoms with Gasteiger partial charge >= 0.3 is 0 Å². The summed E-state index contributed by atoms with van der Waals surface area (Å²) in [7, 11) is 0. The zero-order chi connectivity index (χ0) is 21.4. The van der Waals surface area contributed by atoms with Gasteiger partial charge in [0, 0.05) is 49.9 Å². The van der Waals surface area contributed by atoms with Crippen molar-refractivity contribution in [3.63, 3.8) is 0 Å². The van der Waals surface area contributed by atoms with Gasteiger partial charge in [-0.15, -0.1) is 0 Å². The van der Waals surface area contributed by atoms with Crippen LogP contribution in [0.5, 0.6) is 0 Å². The normalized spacial score (nSPS) is 21.3. The molecule has 0 bridgehead atoms. The predicted octanol–water partition coefficient (Wildman–Crippen LogP) is 3.94. The lowest BCUT2D eigenvalue weighted by Crippen LogP contribution is -2.49. The molecule has 5 heteroatoms. The number of para-hydroxylation sites is 1. The topological polar surface area (TPSA) is 41.4 Å². The molecule has 3 aromatic rings. The second-order valence-corrected chi connectivity index (χ2v) is 8.86. The van der Waals surface area contributed by atoms with Crippen LogP contribution in [0.1, 0.15) is 34.9 Å². The third-order valence-corrected chi connectivity index (χ3v) is 6.84. The summed E-state index contributed by atoms with van der Waals surface area (Å²) < 4.78 is 2.04. The van der Waals surface area contributed by atoms with E-state index in [2.05, 4.69) is 60.0 Å². The minimum Gasteiger partial charge on any atom is -0.340 e. The largest absolute Gasteiger partial charge is 0.340 e. The molecular weight excluding hydrogens is 384 g/mol. The minimum absolute atomic E-state index is 0.183. The summed E-state index contributed by atoms with van der Waals surface area (Å²) in [4.78, 5) is 17.5. The first-order valence-corrected chi connectivity index (χ1v) is 11.3. The Balaban J connectivity index is 1.18. The van der Waals surface area contributed by atoms with Gasteiger partial charge in [-0.25, -0.2) is 4.68 Å². The van der Waals surface area contributed by atoms with Crippen LogP contribution in [-0.2, 0) is 11.3 Å². The van der Waals surface area contributed by atoms with E-state index < -0.39 is 0 Å². The fraction of sp³-hybridized carbons (Fsp3) is 0.385. The van der Waals surface area contributed by atoms with Crippen LogP contribution in [0.2, 0.25) is 0 Å². The predicted molar refractivity (Wildman–Crippen MR) is 122 cm³/mol. The van der Waals surface area contributed by atoms with Crippen LogP contribution in [0, 0.1) is 19.8 Å². The number of aryl methyl sites for hydroxylation is 1. The minimum atomic E-state index is 0.183. The molecule has 0 spiro atoms. The summed E-state index contributed by atoms with van der Waals surface area (Å²) in [6, 6.07) is 20.8. The van der Waals surface area contributed by atoms with E-state index >= 15 is 0 Å². The number of amides is 1. The van der Waals surface area contributed by atoms with E-state index in [4.69, 9.17) is 5.10 Å². The van der Waals surface area contributed by atoms with E-state index in [1.54, 1.807) is 0 Å². The van der Waals surface area contributed by atoms with E-state index in [0.717, 1.165) is 50.5 Å². The summed E-state index contributed by atoms with van der Waals surface area (Å²) in [5.74, 6) is 0.946. The van der Waals surface area contributed by atoms with Gasteiger partial charge in [-0.05, 0) is 43.9 Å². The lowest BCUT2D eigenvalue weighted by molar-refractivity contribution is -0.134. The average Bonchev–Trinajstić information content (AvgIpc) is 3.57. The van der Waals surface area contributed by atoms with E-state index in [0.29, 0.717) is 11.8 Å². The second kappa shape index (κ2) is 8.31. The molecule has 5 rings (SSSR count). The number of benzene rings is 2. The number of carbonyl (C=O) groups is 1. The van der Waals surface area contributed by atoms with Gasteiger partial charge < -0.3 is 4.90 Å². The van der Waals surface area contributed by atoms with Crippen molar-refractivity contribution >= 4 is 5.91 Å². The monoisotopic (exact) mass is 414 g/mol. The van der Waals surface area contributed by atoms with Crippen molar-refractivity contribution in [3.05, 3.63) is 83.2 Å². The molecule has 2 atom stereocenters. The van der Waals surface area contributed by atoms with Gasteiger partial charge in [-0.3, -0.25) is 9.69 Å². The highest BCUT2D eigenvalue weighted by atomic mass is 16.2. The number of hydrogen-bond donors (Lipinski definition) is 0. The number of rotatable bonds is 5. The van der Waals surface area contributed by atoms with Crippen LogP contribution in [0.3, 0.4) is 0 Å². The van der Waals surface area contributed by atoms with Crippen molar-refractivity contribution < 1.29 is 4.79 Å². The zero-order valence-corrected chi connectivity index (χ0v) is 18.4. The Bertz CT molecular complexity index is 1050. The number of hydrogen-bond acceptors (Lipinski definition) is 3. The molecule has 1 saturated heterocycles. The number of carbonyl (C=O) groups excluding carboxylic acids is 1. The van der Waals surface area contributed by atoms with Crippen molar-refractivity contribution in [1.82, 2.24) is 19.6 Å². The Labute approximate surface area is 184 Å². The van der Waals surface area contributed by atoms with Gasteiger partial charge in [0.1, 0.15) is 0 Å². The third kappa shape index (κ3) is 4.02. The van der Waals surface area contributed by atoms with Crippen LogP contribution in [0.25, 0.3) is 5.69 Å². The molecule has 0 radical (unpaired) electrons. The Morgan fingerprint density at radius 1 is 0.935 bits per heavy atom. The maximum absolute atomic E-state index is 13.0.